The quantitative estimate of drug-likeness (QED) is 0.732. The Hall–Kier alpha value is -0.0900. The van der Waals surface area contributed by atoms with E-state index in [1.54, 1.807) is 0 Å². The van der Waals surface area contributed by atoms with Crippen LogP contribution in [0, 0.1) is 0 Å². The van der Waals surface area contributed by atoms with E-state index in [4.69, 9.17) is 4.84 Å². The fourth-order valence-electron chi connectivity index (χ4n) is 2.55. The Labute approximate surface area is 107 Å². The number of piperidine rings is 1. The fraction of sp³-hybridized carbons (Fsp3) is 0.917. The first-order valence-electron chi connectivity index (χ1n) is 5.84. The molecule has 1 rings (SSSR count). The lowest BCUT2D eigenvalue weighted by Gasteiger charge is -2.51. The van der Waals surface area contributed by atoms with Gasteiger partial charge in [-0.25, -0.2) is 0 Å². The first-order chi connectivity index (χ1) is 7.19. The number of carbonyl (C=O) groups is 1. The molecule has 3 nitrogen and oxygen atoms in total. The van der Waals surface area contributed by atoms with Crippen LogP contribution in [-0.2, 0) is 9.63 Å². The van der Waals surface area contributed by atoms with Gasteiger partial charge in [-0.3, -0.25) is 4.79 Å². The normalized spacial score (nSPS) is 25.4. The molecule has 0 N–H and O–H groups in total. The van der Waals surface area contributed by atoms with Crippen LogP contribution in [0.4, 0.5) is 0 Å². The molecule has 0 aliphatic carbocycles. The summed E-state index contributed by atoms with van der Waals surface area (Å²) in [6.07, 6.45) is 2.38. The molecule has 0 spiro atoms. The summed E-state index contributed by atoms with van der Waals surface area (Å²) < 4.78 is 0. The topological polar surface area (TPSA) is 29.5 Å². The van der Waals surface area contributed by atoms with Crippen molar-refractivity contribution in [1.82, 2.24) is 5.06 Å². The number of hydroxylamine groups is 2. The summed E-state index contributed by atoms with van der Waals surface area (Å²) in [6.45, 7) is 10.3. The Balaban J connectivity index is 2.88. The number of carbonyl (C=O) groups excluding carboxylic acids is 1. The highest BCUT2D eigenvalue weighted by atomic mass is 79.9. The smallest absolute Gasteiger partial charge is 0.324 e. The molecule has 1 heterocycles. The number of hydrogen-bond donors (Lipinski definition) is 0. The Bertz CT molecular complexity index is 258. The summed E-state index contributed by atoms with van der Waals surface area (Å²) in [5.41, 5.74) is -0.249. The number of rotatable bonds is 2. The van der Waals surface area contributed by atoms with E-state index in [0.29, 0.717) is 11.2 Å². The van der Waals surface area contributed by atoms with E-state index in [1.807, 2.05) is 12.0 Å². The SMILES string of the molecule is CCC(=O)ON1C(C)(C)CC(Br)CC1(C)C. The van der Waals surface area contributed by atoms with Crippen molar-refractivity contribution in [3.8, 4) is 0 Å². The molecule has 4 heteroatoms. The summed E-state index contributed by atoms with van der Waals surface area (Å²) in [5, 5.41) is 1.88. The largest absolute Gasteiger partial charge is 0.367 e. The Morgan fingerprint density at radius 3 is 2.12 bits per heavy atom. The van der Waals surface area contributed by atoms with Crippen LogP contribution in [0.1, 0.15) is 53.9 Å². The minimum absolute atomic E-state index is 0.124. The maximum Gasteiger partial charge on any atom is 0.324 e. The standard InChI is InChI=1S/C12H22BrNO2/c1-6-10(15)16-14-11(2,3)7-9(13)8-12(14,4)5/h9H,6-8H2,1-5H3. The molecule has 16 heavy (non-hydrogen) atoms. The molecule has 0 unspecified atom stereocenters. The predicted molar refractivity (Wildman–Crippen MR) is 68.3 cm³/mol. The van der Waals surface area contributed by atoms with E-state index in [-0.39, 0.29) is 17.0 Å². The van der Waals surface area contributed by atoms with E-state index >= 15 is 0 Å². The summed E-state index contributed by atoms with van der Waals surface area (Å²) >= 11 is 3.68. The Morgan fingerprint density at radius 1 is 1.31 bits per heavy atom. The Kier molecular flexibility index (Phi) is 4.06. The lowest BCUT2D eigenvalue weighted by Crippen LogP contribution is -2.61. The molecule has 0 radical (unpaired) electrons. The van der Waals surface area contributed by atoms with Crippen LogP contribution < -0.4 is 0 Å². The minimum Gasteiger partial charge on any atom is -0.367 e. The average Bonchev–Trinajstić information content (AvgIpc) is 2.08. The van der Waals surface area contributed by atoms with Crippen molar-refractivity contribution in [3.05, 3.63) is 0 Å². The summed E-state index contributed by atoms with van der Waals surface area (Å²) in [6, 6.07) is 0. The number of nitrogens with zero attached hydrogens (tertiary/aromatic N) is 1. The van der Waals surface area contributed by atoms with Gasteiger partial charge in [0.05, 0.1) is 11.1 Å². The number of halogens is 1. The van der Waals surface area contributed by atoms with Crippen LogP contribution in [-0.4, -0.2) is 26.9 Å². The van der Waals surface area contributed by atoms with Crippen molar-refractivity contribution in [2.45, 2.75) is 69.8 Å². The highest BCUT2D eigenvalue weighted by Crippen LogP contribution is 2.41. The van der Waals surface area contributed by atoms with Gasteiger partial charge in [-0.1, -0.05) is 22.9 Å². The van der Waals surface area contributed by atoms with Crippen LogP contribution in [0.2, 0.25) is 0 Å². The van der Waals surface area contributed by atoms with E-state index in [2.05, 4.69) is 43.6 Å². The van der Waals surface area contributed by atoms with Crippen LogP contribution in [0.25, 0.3) is 0 Å². The second-order valence-electron chi connectivity index (χ2n) is 5.74. The monoisotopic (exact) mass is 291 g/mol. The van der Waals surface area contributed by atoms with Gasteiger partial charge in [-0.15, -0.1) is 5.06 Å². The first-order valence-corrected chi connectivity index (χ1v) is 6.76. The van der Waals surface area contributed by atoms with Gasteiger partial charge in [0, 0.05) is 11.2 Å². The third-order valence-corrected chi connectivity index (χ3v) is 3.67. The number of alkyl halides is 1. The van der Waals surface area contributed by atoms with E-state index in [0.717, 1.165) is 12.8 Å². The van der Waals surface area contributed by atoms with Crippen molar-refractivity contribution < 1.29 is 9.63 Å². The molecule has 0 saturated carbocycles. The zero-order valence-electron chi connectivity index (χ0n) is 10.8. The zero-order chi connectivity index (χ0) is 12.6. The maximum atomic E-state index is 11.5. The lowest BCUT2D eigenvalue weighted by molar-refractivity contribution is -0.264. The zero-order valence-corrected chi connectivity index (χ0v) is 12.4. The molecular weight excluding hydrogens is 270 g/mol. The van der Waals surface area contributed by atoms with E-state index in [9.17, 15) is 4.79 Å². The predicted octanol–water partition coefficient (Wildman–Crippen LogP) is 3.27. The van der Waals surface area contributed by atoms with Gasteiger partial charge < -0.3 is 4.84 Å². The molecule has 0 bridgehead atoms. The molecule has 1 aliphatic heterocycles. The van der Waals surface area contributed by atoms with Gasteiger partial charge in [0.1, 0.15) is 0 Å². The van der Waals surface area contributed by atoms with Crippen LogP contribution >= 0.6 is 15.9 Å². The summed E-state index contributed by atoms with van der Waals surface area (Å²) in [5.74, 6) is -0.158. The van der Waals surface area contributed by atoms with Gasteiger partial charge in [0.2, 0.25) is 0 Å². The highest BCUT2D eigenvalue weighted by molar-refractivity contribution is 9.09. The first kappa shape index (κ1) is 14.0. The third kappa shape index (κ3) is 2.98. The van der Waals surface area contributed by atoms with Crippen LogP contribution in [0.15, 0.2) is 0 Å². The van der Waals surface area contributed by atoms with Gasteiger partial charge in [0.25, 0.3) is 0 Å². The molecule has 94 valence electrons. The van der Waals surface area contributed by atoms with E-state index < -0.39 is 0 Å². The van der Waals surface area contributed by atoms with Crippen molar-refractivity contribution >= 4 is 21.9 Å². The summed E-state index contributed by atoms with van der Waals surface area (Å²) in [7, 11) is 0. The molecule has 1 aliphatic rings. The van der Waals surface area contributed by atoms with Crippen LogP contribution in [0.3, 0.4) is 0 Å². The van der Waals surface area contributed by atoms with Gasteiger partial charge >= 0.3 is 5.97 Å². The molecule has 1 saturated heterocycles. The molecule has 0 amide bonds. The fourth-order valence-corrected chi connectivity index (χ4v) is 4.14. The molecule has 1 fully saturated rings. The second-order valence-corrected chi connectivity index (χ2v) is 7.04. The van der Waals surface area contributed by atoms with Crippen molar-refractivity contribution in [2.24, 2.45) is 0 Å². The molecule has 0 atom stereocenters. The van der Waals surface area contributed by atoms with Gasteiger partial charge in [0.15, 0.2) is 0 Å². The van der Waals surface area contributed by atoms with Crippen molar-refractivity contribution in [3.63, 3.8) is 0 Å². The third-order valence-electron chi connectivity index (χ3n) is 3.02. The average molecular weight is 292 g/mol. The van der Waals surface area contributed by atoms with Gasteiger partial charge in [-0.2, -0.15) is 0 Å². The molecular formula is C12H22BrNO2. The van der Waals surface area contributed by atoms with E-state index in [1.165, 1.54) is 0 Å². The van der Waals surface area contributed by atoms with Crippen LogP contribution in [0.5, 0.6) is 0 Å². The Morgan fingerprint density at radius 2 is 1.75 bits per heavy atom. The minimum atomic E-state index is -0.158. The maximum absolute atomic E-state index is 11.5. The lowest BCUT2D eigenvalue weighted by atomic mass is 9.82. The van der Waals surface area contributed by atoms with Gasteiger partial charge in [-0.05, 0) is 40.5 Å². The molecule has 0 aromatic rings. The van der Waals surface area contributed by atoms with Crippen molar-refractivity contribution in [2.75, 3.05) is 0 Å². The highest BCUT2D eigenvalue weighted by Gasteiger charge is 2.47. The molecule has 0 aromatic carbocycles. The summed E-state index contributed by atoms with van der Waals surface area (Å²) in [4.78, 5) is 17.4. The molecule has 0 aromatic heterocycles. The second kappa shape index (κ2) is 4.65. The number of hydrogen-bond acceptors (Lipinski definition) is 3. The van der Waals surface area contributed by atoms with Crippen molar-refractivity contribution in [1.29, 1.82) is 0 Å².